The van der Waals surface area contributed by atoms with E-state index in [1.807, 2.05) is 6.92 Å². The lowest BCUT2D eigenvalue weighted by Crippen LogP contribution is -2.10. The van der Waals surface area contributed by atoms with Gasteiger partial charge in [0.05, 0.1) is 10.8 Å². The zero-order valence-electron chi connectivity index (χ0n) is 9.84. The Hall–Kier alpha value is -1.91. The van der Waals surface area contributed by atoms with Crippen LogP contribution in [0.5, 0.6) is 0 Å². The SMILES string of the molecule is Cc1ccc([N+](=O)[O-])cc1CCC(C)C(=O)O. The number of hydrogen-bond acceptors (Lipinski definition) is 3. The van der Waals surface area contributed by atoms with Gasteiger partial charge in [0, 0.05) is 12.1 Å². The summed E-state index contributed by atoms with van der Waals surface area (Å²) in [5.74, 6) is -1.28. The second-order valence-corrected chi connectivity index (χ2v) is 4.15. The standard InChI is InChI=1S/C12H15NO4/c1-8-4-6-11(13(16)17)7-10(8)5-3-9(2)12(14)15/h4,6-7,9H,3,5H2,1-2H3,(H,14,15). The highest BCUT2D eigenvalue weighted by Crippen LogP contribution is 2.20. The number of carboxylic acids is 1. The van der Waals surface area contributed by atoms with Crippen molar-refractivity contribution in [3.05, 3.63) is 39.4 Å². The maximum Gasteiger partial charge on any atom is 0.306 e. The van der Waals surface area contributed by atoms with Gasteiger partial charge in [-0.05, 0) is 30.9 Å². The minimum Gasteiger partial charge on any atom is -0.481 e. The highest BCUT2D eigenvalue weighted by Gasteiger charge is 2.13. The third-order valence-corrected chi connectivity index (χ3v) is 2.81. The first kappa shape index (κ1) is 13.2. The van der Waals surface area contributed by atoms with E-state index in [9.17, 15) is 14.9 Å². The number of aryl methyl sites for hydroxylation is 2. The first-order valence-electron chi connectivity index (χ1n) is 5.38. The third-order valence-electron chi connectivity index (χ3n) is 2.81. The summed E-state index contributed by atoms with van der Waals surface area (Å²) in [5.41, 5.74) is 1.84. The van der Waals surface area contributed by atoms with Gasteiger partial charge in [-0.1, -0.05) is 13.0 Å². The van der Waals surface area contributed by atoms with Crippen molar-refractivity contribution in [1.82, 2.24) is 0 Å². The molecule has 0 fully saturated rings. The Balaban J connectivity index is 2.79. The Bertz CT molecular complexity index is 442. The first-order valence-corrected chi connectivity index (χ1v) is 5.38. The van der Waals surface area contributed by atoms with Crippen LogP contribution in [0.4, 0.5) is 5.69 Å². The lowest BCUT2D eigenvalue weighted by atomic mass is 9.98. The van der Waals surface area contributed by atoms with Crippen molar-refractivity contribution in [2.24, 2.45) is 5.92 Å². The van der Waals surface area contributed by atoms with E-state index in [-0.39, 0.29) is 5.69 Å². The van der Waals surface area contributed by atoms with Crippen LogP contribution in [0.3, 0.4) is 0 Å². The fourth-order valence-corrected chi connectivity index (χ4v) is 1.54. The molecule has 1 aromatic rings. The van der Waals surface area contributed by atoms with Crippen molar-refractivity contribution in [2.75, 3.05) is 0 Å². The van der Waals surface area contributed by atoms with E-state index in [0.29, 0.717) is 12.8 Å². The van der Waals surface area contributed by atoms with E-state index < -0.39 is 16.8 Å². The predicted octanol–water partition coefficient (Wildman–Crippen LogP) is 2.56. The summed E-state index contributed by atoms with van der Waals surface area (Å²) in [6.07, 6.45) is 1.03. The Kier molecular flexibility index (Phi) is 4.20. The highest BCUT2D eigenvalue weighted by molar-refractivity contribution is 5.69. The van der Waals surface area contributed by atoms with Crippen LogP contribution in [-0.4, -0.2) is 16.0 Å². The van der Waals surface area contributed by atoms with Gasteiger partial charge in [-0.15, -0.1) is 0 Å². The minimum absolute atomic E-state index is 0.0496. The van der Waals surface area contributed by atoms with Crippen molar-refractivity contribution in [1.29, 1.82) is 0 Å². The number of carbonyl (C=O) groups is 1. The molecule has 0 heterocycles. The van der Waals surface area contributed by atoms with E-state index >= 15 is 0 Å². The summed E-state index contributed by atoms with van der Waals surface area (Å²) in [7, 11) is 0. The summed E-state index contributed by atoms with van der Waals surface area (Å²) < 4.78 is 0. The monoisotopic (exact) mass is 237 g/mol. The number of aliphatic carboxylic acids is 1. The summed E-state index contributed by atoms with van der Waals surface area (Å²) >= 11 is 0. The average Bonchev–Trinajstić information content (AvgIpc) is 2.26. The lowest BCUT2D eigenvalue weighted by molar-refractivity contribution is -0.384. The predicted molar refractivity (Wildman–Crippen MR) is 63.0 cm³/mol. The molecule has 92 valence electrons. The summed E-state index contributed by atoms with van der Waals surface area (Å²) in [5, 5.41) is 19.4. The first-order chi connectivity index (χ1) is 7.91. The summed E-state index contributed by atoms with van der Waals surface area (Å²) in [6.45, 7) is 3.50. The molecule has 1 rings (SSSR count). The zero-order chi connectivity index (χ0) is 13.0. The number of rotatable bonds is 5. The Morgan fingerprint density at radius 3 is 2.71 bits per heavy atom. The van der Waals surface area contributed by atoms with Gasteiger partial charge in [0.2, 0.25) is 0 Å². The number of nitro groups is 1. The second-order valence-electron chi connectivity index (χ2n) is 4.15. The minimum atomic E-state index is -0.840. The largest absolute Gasteiger partial charge is 0.481 e. The van der Waals surface area contributed by atoms with Crippen LogP contribution < -0.4 is 0 Å². The van der Waals surface area contributed by atoms with Crippen LogP contribution in [-0.2, 0) is 11.2 Å². The fourth-order valence-electron chi connectivity index (χ4n) is 1.54. The number of hydrogen-bond donors (Lipinski definition) is 1. The van der Waals surface area contributed by atoms with E-state index in [0.717, 1.165) is 11.1 Å². The number of nitro benzene ring substituents is 1. The van der Waals surface area contributed by atoms with E-state index in [1.54, 1.807) is 13.0 Å². The Morgan fingerprint density at radius 2 is 2.18 bits per heavy atom. The summed E-state index contributed by atoms with van der Waals surface area (Å²) in [6, 6.07) is 4.67. The van der Waals surface area contributed by atoms with Gasteiger partial charge in [-0.25, -0.2) is 0 Å². The normalized spacial score (nSPS) is 12.1. The van der Waals surface area contributed by atoms with Gasteiger partial charge in [-0.3, -0.25) is 14.9 Å². The van der Waals surface area contributed by atoms with Crippen molar-refractivity contribution >= 4 is 11.7 Å². The van der Waals surface area contributed by atoms with Crippen molar-refractivity contribution in [2.45, 2.75) is 26.7 Å². The molecule has 0 aliphatic heterocycles. The molecule has 0 bridgehead atoms. The molecule has 0 saturated heterocycles. The molecule has 0 saturated carbocycles. The molecular weight excluding hydrogens is 222 g/mol. The fraction of sp³-hybridized carbons (Fsp3) is 0.417. The molecule has 0 aromatic heterocycles. The van der Waals surface area contributed by atoms with Crippen LogP contribution in [0.15, 0.2) is 18.2 Å². The molecule has 1 N–H and O–H groups in total. The molecular formula is C12H15NO4. The Morgan fingerprint density at radius 1 is 1.53 bits per heavy atom. The average molecular weight is 237 g/mol. The van der Waals surface area contributed by atoms with E-state index in [4.69, 9.17) is 5.11 Å². The van der Waals surface area contributed by atoms with E-state index in [1.165, 1.54) is 12.1 Å². The second kappa shape index (κ2) is 5.43. The number of nitrogens with zero attached hydrogens (tertiary/aromatic N) is 1. The molecule has 0 amide bonds. The van der Waals surface area contributed by atoms with Gasteiger partial charge in [0.1, 0.15) is 0 Å². The van der Waals surface area contributed by atoms with Gasteiger partial charge in [-0.2, -0.15) is 0 Å². The molecule has 0 aliphatic carbocycles. The van der Waals surface area contributed by atoms with Gasteiger partial charge in [0.25, 0.3) is 5.69 Å². The topological polar surface area (TPSA) is 80.4 Å². The maximum absolute atomic E-state index is 10.7. The quantitative estimate of drug-likeness (QED) is 0.630. The van der Waals surface area contributed by atoms with Crippen molar-refractivity contribution in [3.8, 4) is 0 Å². The van der Waals surface area contributed by atoms with Crippen molar-refractivity contribution in [3.63, 3.8) is 0 Å². The highest BCUT2D eigenvalue weighted by atomic mass is 16.6. The molecule has 0 spiro atoms. The van der Waals surface area contributed by atoms with Crippen LogP contribution in [0.25, 0.3) is 0 Å². The maximum atomic E-state index is 10.7. The van der Waals surface area contributed by atoms with Crippen LogP contribution in [0.1, 0.15) is 24.5 Å². The van der Waals surface area contributed by atoms with Crippen molar-refractivity contribution < 1.29 is 14.8 Å². The number of carboxylic acid groups (broad SMARTS) is 1. The van der Waals surface area contributed by atoms with Gasteiger partial charge in [0.15, 0.2) is 0 Å². The zero-order valence-corrected chi connectivity index (χ0v) is 9.84. The lowest BCUT2D eigenvalue weighted by Gasteiger charge is -2.08. The molecule has 1 unspecified atom stereocenters. The third kappa shape index (κ3) is 3.55. The van der Waals surface area contributed by atoms with Crippen LogP contribution in [0, 0.1) is 23.0 Å². The van der Waals surface area contributed by atoms with E-state index in [2.05, 4.69) is 0 Å². The van der Waals surface area contributed by atoms with Crippen LogP contribution >= 0.6 is 0 Å². The molecule has 1 aromatic carbocycles. The van der Waals surface area contributed by atoms with Gasteiger partial charge < -0.3 is 5.11 Å². The molecule has 5 nitrogen and oxygen atoms in total. The molecule has 0 radical (unpaired) electrons. The Labute approximate surface area is 99.2 Å². The molecule has 5 heteroatoms. The van der Waals surface area contributed by atoms with Gasteiger partial charge >= 0.3 is 5.97 Å². The smallest absolute Gasteiger partial charge is 0.306 e. The molecule has 1 atom stereocenters. The molecule has 0 aliphatic rings. The van der Waals surface area contributed by atoms with Crippen LogP contribution in [0.2, 0.25) is 0 Å². The summed E-state index contributed by atoms with van der Waals surface area (Å²) in [4.78, 5) is 20.9. The number of non-ortho nitro benzene ring substituents is 1. The number of benzene rings is 1. The molecule has 17 heavy (non-hydrogen) atoms.